The lowest BCUT2D eigenvalue weighted by atomic mass is 9.95. The molecule has 0 saturated carbocycles. The van der Waals surface area contributed by atoms with Crippen molar-refractivity contribution >= 4 is 27.5 Å². The largest absolute Gasteiger partial charge is 0.493 e. The van der Waals surface area contributed by atoms with E-state index >= 15 is 0 Å². The molecule has 188 valence electrons. The van der Waals surface area contributed by atoms with Crippen molar-refractivity contribution in [3.8, 4) is 11.5 Å². The zero-order valence-corrected chi connectivity index (χ0v) is 20.9. The Balaban J connectivity index is 1.69. The number of carbonyl (C=O) groups is 1. The van der Waals surface area contributed by atoms with Crippen LogP contribution in [0.1, 0.15) is 29.5 Å². The highest BCUT2D eigenvalue weighted by Gasteiger charge is 2.28. The molecule has 0 unspecified atom stereocenters. The molecule has 0 radical (unpaired) electrons. The van der Waals surface area contributed by atoms with Crippen LogP contribution in [0.25, 0.3) is 0 Å². The molecule has 2 aromatic carbocycles. The number of fused-ring (bicyclic) bond motifs is 1. The van der Waals surface area contributed by atoms with Crippen molar-refractivity contribution in [3.05, 3.63) is 53.1 Å². The van der Waals surface area contributed by atoms with Gasteiger partial charge in [-0.25, -0.2) is 18.2 Å². The first-order valence-electron chi connectivity index (χ1n) is 11.4. The molecule has 2 aliphatic heterocycles. The summed E-state index contributed by atoms with van der Waals surface area (Å²) < 4.78 is 44.4. The predicted octanol–water partition coefficient (Wildman–Crippen LogP) is 2.57. The van der Waals surface area contributed by atoms with Crippen molar-refractivity contribution in [1.29, 1.82) is 0 Å². The molecule has 1 saturated heterocycles. The summed E-state index contributed by atoms with van der Waals surface area (Å²) >= 11 is 0. The number of urea groups is 1. The van der Waals surface area contributed by atoms with E-state index in [9.17, 15) is 13.2 Å². The molecule has 2 aliphatic rings. The monoisotopic (exact) mass is 502 g/mol. The van der Waals surface area contributed by atoms with Gasteiger partial charge in [0, 0.05) is 37.1 Å². The van der Waals surface area contributed by atoms with Gasteiger partial charge in [0.05, 0.1) is 31.7 Å². The van der Waals surface area contributed by atoms with Gasteiger partial charge in [0.25, 0.3) is 0 Å². The average molecular weight is 503 g/mol. The number of ether oxygens (including phenoxy) is 3. The van der Waals surface area contributed by atoms with Crippen LogP contribution in [0.5, 0.6) is 11.5 Å². The Bertz CT molecular complexity index is 1210. The summed E-state index contributed by atoms with van der Waals surface area (Å²) in [5.41, 5.74) is 3.52. The molecule has 4 rings (SSSR count). The first kappa shape index (κ1) is 24.8. The van der Waals surface area contributed by atoms with Gasteiger partial charge < -0.3 is 19.5 Å². The van der Waals surface area contributed by atoms with Crippen LogP contribution in [0.15, 0.2) is 41.5 Å². The van der Waals surface area contributed by atoms with Crippen LogP contribution in [0.4, 0.5) is 10.5 Å². The van der Waals surface area contributed by atoms with Crippen LogP contribution in [0, 0.1) is 0 Å². The number of hydrazone groups is 1. The Morgan fingerprint density at radius 3 is 2.37 bits per heavy atom. The molecule has 11 heteroatoms. The van der Waals surface area contributed by atoms with Crippen LogP contribution >= 0.6 is 0 Å². The van der Waals surface area contributed by atoms with Gasteiger partial charge >= 0.3 is 6.03 Å². The minimum absolute atomic E-state index is 0.324. The van der Waals surface area contributed by atoms with E-state index in [0.29, 0.717) is 61.9 Å². The van der Waals surface area contributed by atoms with Gasteiger partial charge in [-0.3, -0.25) is 4.72 Å². The zero-order chi connectivity index (χ0) is 25.0. The fourth-order valence-corrected chi connectivity index (χ4v) is 5.66. The summed E-state index contributed by atoms with van der Waals surface area (Å²) in [5, 5.41) is 8.18. The third-order valence-electron chi connectivity index (χ3n) is 6.15. The summed E-state index contributed by atoms with van der Waals surface area (Å²) in [7, 11) is 1.18. The maximum Gasteiger partial charge on any atom is 0.337 e. The van der Waals surface area contributed by atoms with Crippen molar-refractivity contribution in [2.75, 3.05) is 45.7 Å². The average Bonchev–Trinajstić information content (AvgIpc) is 3.07. The van der Waals surface area contributed by atoms with E-state index in [-0.39, 0.29) is 6.03 Å². The second-order valence-corrected chi connectivity index (χ2v) is 10.2. The smallest absolute Gasteiger partial charge is 0.337 e. The number of nitrogens with one attached hydrogen (secondary N) is 2. The molecule has 0 bridgehead atoms. The standard InChI is InChI=1S/C24H30N4O6S/c1-25-24(29)28-11-8-17-14-21(32-2)22(33-3)15-20(17)23(26-28)16-4-6-18(7-5-16)27-35(30,31)19-9-12-34-13-10-19/h4-7,14-15,19,27H,8-13H2,1-3H3,(H,25,29). The number of carbonyl (C=O) groups excluding carboxylic acids is 1. The molecule has 2 N–H and O–H groups in total. The van der Waals surface area contributed by atoms with Gasteiger partial charge in [-0.1, -0.05) is 12.1 Å². The lowest BCUT2D eigenvalue weighted by Crippen LogP contribution is -2.35. The Morgan fingerprint density at radius 1 is 1.09 bits per heavy atom. The third kappa shape index (κ3) is 5.35. The number of methoxy groups -OCH3 is 2. The highest BCUT2D eigenvalue weighted by atomic mass is 32.2. The maximum absolute atomic E-state index is 12.8. The van der Waals surface area contributed by atoms with Gasteiger partial charge in [0.1, 0.15) is 0 Å². The lowest BCUT2D eigenvalue weighted by molar-refractivity contribution is 0.0984. The molecule has 10 nitrogen and oxygen atoms in total. The molecule has 0 aromatic heterocycles. The molecule has 0 atom stereocenters. The Kier molecular flexibility index (Phi) is 7.46. The molecule has 0 aliphatic carbocycles. The molecule has 1 fully saturated rings. The molecular weight excluding hydrogens is 472 g/mol. The number of amides is 2. The van der Waals surface area contributed by atoms with Crippen LogP contribution in [0.2, 0.25) is 0 Å². The molecule has 35 heavy (non-hydrogen) atoms. The highest BCUT2D eigenvalue weighted by Crippen LogP contribution is 2.34. The van der Waals surface area contributed by atoms with Crippen molar-refractivity contribution < 1.29 is 27.4 Å². The van der Waals surface area contributed by atoms with Crippen LogP contribution in [-0.4, -0.2) is 71.4 Å². The van der Waals surface area contributed by atoms with E-state index in [4.69, 9.17) is 14.2 Å². The lowest BCUT2D eigenvalue weighted by Gasteiger charge is -2.22. The summed E-state index contributed by atoms with van der Waals surface area (Å²) in [6.45, 7) is 1.27. The Labute approximate surface area is 205 Å². The predicted molar refractivity (Wildman–Crippen MR) is 133 cm³/mol. The molecule has 0 spiro atoms. The van der Waals surface area contributed by atoms with E-state index in [0.717, 1.165) is 16.7 Å². The summed E-state index contributed by atoms with van der Waals surface area (Å²) in [5.74, 6) is 1.14. The number of rotatable bonds is 6. The Morgan fingerprint density at radius 2 is 1.74 bits per heavy atom. The van der Waals surface area contributed by atoms with E-state index in [1.165, 1.54) is 5.01 Å². The molecule has 2 heterocycles. The summed E-state index contributed by atoms with van der Waals surface area (Å²) in [4.78, 5) is 12.4. The zero-order valence-electron chi connectivity index (χ0n) is 20.0. The number of hydrogen-bond acceptors (Lipinski definition) is 7. The van der Waals surface area contributed by atoms with Crippen molar-refractivity contribution in [3.63, 3.8) is 0 Å². The summed E-state index contributed by atoms with van der Waals surface area (Å²) in [6.07, 6.45) is 1.52. The van der Waals surface area contributed by atoms with E-state index < -0.39 is 15.3 Å². The van der Waals surface area contributed by atoms with Gasteiger partial charge in [-0.2, -0.15) is 5.10 Å². The number of hydrogen-bond donors (Lipinski definition) is 2. The number of sulfonamides is 1. The minimum atomic E-state index is -3.52. The fourth-order valence-electron chi connectivity index (χ4n) is 4.22. The van der Waals surface area contributed by atoms with Gasteiger partial charge in [0.15, 0.2) is 11.5 Å². The van der Waals surface area contributed by atoms with Crippen LogP contribution in [0.3, 0.4) is 0 Å². The fraction of sp³-hybridized carbons (Fsp3) is 0.417. The summed E-state index contributed by atoms with van der Waals surface area (Å²) in [6, 6.07) is 10.4. The topological polar surface area (TPSA) is 119 Å². The Hall–Kier alpha value is -3.31. The number of anilines is 1. The molecule has 2 aromatic rings. The maximum atomic E-state index is 12.8. The second-order valence-electron chi connectivity index (χ2n) is 8.28. The van der Waals surface area contributed by atoms with Crippen molar-refractivity contribution in [2.24, 2.45) is 5.10 Å². The number of benzene rings is 2. The second kappa shape index (κ2) is 10.5. The number of nitrogens with zero attached hydrogens (tertiary/aromatic N) is 2. The third-order valence-corrected chi connectivity index (χ3v) is 8.02. The van der Waals surface area contributed by atoms with Gasteiger partial charge in [-0.05, 0) is 49.1 Å². The van der Waals surface area contributed by atoms with Gasteiger partial charge in [-0.15, -0.1) is 0 Å². The highest BCUT2D eigenvalue weighted by molar-refractivity contribution is 7.93. The first-order valence-corrected chi connectivity index (χ1v) is 12.9. The van der Waals surface area contributed by atoms with Crippen LogP contribution in [-0.2, 0) is 21.2 Å². The van der Waals surface area contributed by atoms with E-state index in [1.807, 2.05) is 12.1 Å². The van der Waals surface area contributed by atoms with Crippen molar-refractivity contribution in [1.82, 2.24) is 10.3 Å². The van der Waals surface area contributed by atoms with Crippen LogP contribution < -0.4 is 19.5 Å². The molecule has 2 amide bonds. The van der Waals surface area contributed by atoms with E-state index in [2.05, 4.69) is 15.1 Å². The molecular formula is C24H30N4O6S. The van der Waals surface area contributed by atoms with Crippen molar-refractivity contribution in [2.45, 2.75) is 24.5 Å². The van der Waals surface area contributed by atoms with Gasteiger partial charge in [0.2, 0.25) is 10.0 Å². The van der Waals surface area contributed by atoms with E-state index in [1.54, 1.807) is 45.5 Å². The SMILES string of the molecule is CNC(=O)N1CCc2cc(OC)c(OC)cc2C(c2ccc(NS(=O)(=O)C3CCOCC3)cc2)=N1. The quantitative estimate of drug-likeness (QED) is 0.627. The minimum Gasteiger partial charge on any atom is -0.493 e. The first-order chi connectivity index (χ1) is 16.9. The normalized spacial score (nSPS) is 16.5.